The predicted molar refractivity (Wildman–Crippen MR) is 113 cm³/mol. The minimum absolute atomic E-state index is 0.159. The summed E-state index contributed by atoms with van der Waals surface area (Å²) in [6.45, 7) is 0.186. The highest BCUT2D eigenvalue weighted by atomic mass is 16.6. The largest absolute Gasteiger partial charge is 0.496 e. The van der Waals surface area contributed by atoms with Gasteiger partial charge >= 0.3 is 5.97 Å². The first-order valence-electron chi connectivity index (χ1n) is 9.63. The van der Waals surface area contributed by atoms with Crippen molar-refractivity contribution in [2.75, 3.05) is 7.11 Å². The van der Waals surface area contributed by atoms with E-state index in [1.165, 1.54) is 0 Å². The smallest absolute Gasteiger partial charge is 0.342 e. The second-order valence-electron chi connectivity index (χ2n) is 6.56. The lowest BCUT2D eigenvalue weighted by Crippen LogP contribution is -2.08. The van der Waals surface area contributed by atoms with Gasteiger partial charge in [-0.3, -0.25) is 0 Å². The maximum atomic E-state index is 12.6. The molecule has 31 heavy (non-hydrogen) atoms. The van der Waals surface area contributed by atoms with Gasteiger partial charge in [0.05, 0.1) is 12.7 Å². The second-order valence-corrected chi connectivity index (χ2v) is 6.56. The molecule has 7 nitrogen and oxygen atoms in total. The van der Waals surface area contributed by atoms with Crippen LogP contribution in [0.25, 0.3) is 11.4 Å². The van der Waals surface area contributed by atoms with Crippen molar-refractivity contribution in [3.05, 3.63) is 95.9 Å². The molecular weight excluding hydrogens is 396 g/mol. The first kappa shape index (κ1) is 20.2. The Morgan fingerprint density at radius 3 is 2.39 bits per heavy atom. The summed E-state index contributed by atoms with van der Waals surface area (Å²) in [5.74, 6) is 1.06. The number of aromatic nitrogens is 2. The standard InChI is InChI=1S/C24H20N2O5/c1-28-20-13-7-5-11-18(20)23-25-22(31-26-23)16-30-24(27)19-12-6-8-14-21(19)29-15-17-9-3-2-4-10-17/h2-14H,15-16H2,1H3. The Morgan fingerprint density at radius 1 is 0.871 bits per heavy atom. The highest BCUT2D eigenvalue weighted by Gasteiger charge is 2.17. The second kappa shape index (κ2) is 9.58. The van der Waals surface area contributed by atoms with E-state index in [2.05, 4.69) is 10.1 Å². The average molecular weight is 416 g/mol. The molecule has 0 aliphatic carbocycles. The molecule has 0 aliphatic heterocycles. The van der Waals surface area contributed by atoms with Crippen molar-refractivity contribution in [2.45, 2.75) is 13.2 Å². The van der Waals surface area contributed by atoms with E-state index >= 15 is 0 Å². The molecule has 0 saturated heterocycles. The van der Waals surface area contributed by atoms with Crippen molar-refractivity contribution in [3.63, 3.8) is 0 Å². The topological polar surface area (TPSA) is 83.7 Å². The number of hydrogen-bond donors (Lipinski definition) is 0. The van der Waals surface area contributed by atoms with E-state index in [0.29, 0.717) is 35.1 Å². The van der Waals surface area contributed by atoms with E-state index in [0.717, 1.165) is 5.56 Å². The number of para-hydroxylation sites is 2. The Morgan fingerprint density at radius 2 is 1.58 bits per heavy atom. The number of esters is 1. The zero-order valence-corrected chi connectivity index (χ0v) is 16.9. The van der Waals surface area contributed by atoms with E-state index < -0.39 is 5.97 Å². The molecule has 3 aromatic carbocycles. The molecule has 4 aromatic rings. The lowest BCUT2D eigenvalue weighted by Gasteiger charge is -2.10. The summed E-state index contributed by atoms with van der Waals surface area (Å²) in [6.07, 6.45) is 0. The Balaban J connectivity index is 1.41. The molecule has 0 aliphatic rings. The first-order chi connectivity index (χ1) is 15.2. The molecular formula is C24H20N2O5. The zero-order chi connectivity index (χ0) is 21.5. The molecule has 0 saturated carbocycles. The molecule has 0 spiro atoms. The lowest BCUT2D eigenvalue weighted by molar-refractivity contribution is 0.0425. The third-order valence-corrected chi connectivity index (χ3v) is 4.49. The van der Waals surface area contributed by atoms with Gasteiger partial charge in [-0.05, 0) is 29.8 Å². The molecule has 0 amide bonds. The van der Waals surface area contributed by atoms with Crippen LogP contribution in [-0.4, -0.2) is 23.2 Å². The fraction of sp³-hybridized carbons (Fsp3) is 0.125. The van der Waals surface area contributed by atoms with Crippen LogP contribution in [0.15, 0.2) is 83.4 Å². The van der Waals surface area contributed by atoms with Crippen LogP contribution in [0.3, 0.4) is 0 Å². The Hall–Kier alpha value is -4.13. The normalized spacial score (nSPS) is 10.5. The fourth-order valence-corrected chi connectivity index (χ4v) is 2.95. The molecule has 1 aromatic heterocycles. The minimum Gasteiger partial charge on any atom is -0.496 e. The van der Waals surface area contributed by atoms with Crippen LogP contribution in [0.2, 0.25) is 0 Å². The van der Waals surface area contributed by atoms with Gasteiger partial charge in [0.15, 0.2) is 6.61 Å². The molecule has 0 bridgehead atoms. The van der Waals surface area contributed by atoms with Crippen LogP contribution >= 0.6 is 0 Å². The summed E-state index contributed by atoms with van der Waals surface area (Å²) in [7, 11) is 1.57. The number of rotatable bonds is 8. The van der Waals surface area contributed by atoms with Gasteiger partial charge in [0, 0.05) is 0 Å². The van der Waals surface area contributed by atoms with E-state index in [9.17, 15) is 4.79 Å². The van der Waals surface area contributed by atoms with Crippen molar-refractivity contribution < 1.29 is 23.5 Å². The summed E-state index contributed by atoms with van der Waals surface area (Å²) in [5.41, 5.74) is 2.01. The van der Waals surface area contributed by atoms with E-state index in [4.69, 9.17) is 18.7 Å². The van der Waals surface area contributed by atoms with Crippen LogP contribution in [0.5, 0.6) is 11.5 Å². The van der Waals surface area contributed by atoms with E-state index in [1.807, 2.05) is 48.5 Å². The molecule has 0 atom stereocenters. The maximum absolute atomic E-state index is 12.6. The van der Waals surface area contributed by atoms with Gasteiger partial charge in [0.1, 0.15) is 23.7 Å². The Bertz CT molecular complexity index is 1160. The maximum Gasteiger partial charge on any atom is 0.342 e. The number of nitrogens with zero attached hydrogens (tertiary/aromatic N) is 2. The summed E-state index contributed by atoms with van der Waals surface area (Å²) >= 11 is 0. The Labute approximate surface area is 179 Å². The molecule has 0 radical (unpaired) electrons. The molecule has 156 valence electrons. The average Bonchev–Trinajstić information content (AvgIpc) is 3.31. The van der Waals surface area contributed by atoms with Gasteiger partial charge in [-0.15, -0.1) is 0 Å². The number of methoxy groups -OCH3 is 1. The van der Waals surface area contributed by atoms with Crippen LogP contribution in [-0.2, 0) is 18.0 Å². The quantitative estimate of drug-likeness (QED) is 0.386. The number of carbonyl (C=O) groups excluding carboxylic acids is 1. The first-order valence-corrected chi connectivity index (χ1v) is 9.63. The number of benzene rings is 3. The van der Waals surface area contributed by atoms with Gasteiger partial charge < -0.3 is 18.7 Å². The zero-order valence-electron chi connectivity index (χ0n) is 16.9. The van der Waals surface area contributed by atoms with Crippen molar-refractivity contribution in [1.29, 1.82) is 0 Å². The van der Waals surface area contributed by atoms with Gasteiger partial charge in [0.25, 0.3) is 5.89 Å². The molecule has 0 fully saturated rings. The van der Waals surface area contributed by atoms with Gasteiger partial charge in [-0.1, -0.05) is 59.8 Å². The highest BCUT2D eigenvalue weighted by molar-refractivity contribution is 5.92. The highest BCUT2D eigenvalue weighted by Crippen LogP contribution is 2.27. The van der Waals surface area contributed by atoms with Gasteiger partial charge in [0.2, 0.25) is 5.82 Å². The molecule has 1 heterocycles. The van der Waals surface area contributed by atoms with Crippen molar-refractivity contribution in [2.24, 2.45) is 0 Å². The summed E-state index contributed by atoms with van der Waals surface area (Å²) in [4.78, 5) is 16.9. The van der Waals surface area contributed by atoms with Crippen LogP contribution in [0.1, 0.15) is 21.8 Å². The van der Waals surface area contributed by atoms with E-state index in [-0.39, 0.29) is 12.5 Å². The van der Waals surface area contributed by atoms with E-state index in [1.54, 1.807) is 37.4 Å². The molecule has 0 N–H and O–H groups in total. The SMILES string of the molecule is COc1ccccc1-c1noc(COC(=O)c2ccccc2OCc2ccccc2)n1. The summed E-state index contributed by atoms with van der Waals surface area (Å²) < 4.78 is 21.7. The monoisotopic (exact) mass is 416 g/mol. The minimum atomic E-state index is -0.541. The molecule has 4 rings (SSSR count). The molecule has 7 heteroatoms. The molecule has 0 unspecified atom stereocenters. The number of ether oxygens (including phenoxy) is 3. The lowest BCUT2D eigenvalue weighted by atomic mass is 10.2. The van der Waals surface area contributed by atoms with Gasteiger partial charge in [-0.2, -0.15) is 4.98 Å². The summed E-state index contributed by atoms with van der Waals surface area (Å²) in [6, 6.07) is 24.0. The van der Waals surface area contributed by atoms with Crippen LogP contribution < -0.4 is 9.47 Å². The van der Waals surface area contributed by atoms with Crippen molar-refractivity contribution in [3.8, 4) is 22.9 Å². The summed E-state index contributed by atoms with van der Waals surface area (Å²) in [5, 5.41) is 3.94. The Kier molecular flexibility index (Phi) is 6.23. The van der Waals surface area contributed by atoms with Crippen molar-refractivity contribution >= 4 is 5.97 Å². The fourth-order valence-electron chi connectivity index (χ4n) is 2.95. The van der Waals surface area contributed by atoms with Gasteiger partial charge in [-0.25, -0.2) is 4.79 Å². The number of carbonyl (C=O) groups is 1. The predicted octanol–water partition coefficient (Wildman–Crippen LogP) is 4.68. The third kappa shape index (κ3) is 4.90. The van der Waals surface area contributed by atoms with Crippen LogP contribution in [0.4, 0.5) is 0 Å². The third-order valence-electron chi connectivity index (χ3n) is 4.49. The number of hydrogen-bond acceptors (Lipinski definition) is 7. The van der Waals surface area contributed by atoms with Crippen LogP contribution in [0, 0.1) is 0 Å². The van der Waals surface area contributed by atoms with Crippen molar-refractivity contribution in [1.82, 2.24) is 10.1 Å².